The predicted molar refractivity (Wildman–Crippen MR) is 111 cm³/mol. The Hall–Kier alpha value is -3.44. The summed E-state index contributed by atoms with van der Waals surface area (Å²) in [5, 5.41) is 16.5. The molecule has 0 unspecified atom stereocenters. The lowest BCUT2D eigenvalue weighted by atomic mass is 9.97. The van der Waals surface area contributed by atoms with E-state index < -0.39 is 12.1 Å². The van der Waals surface area contributed by atoms with E-state index in [0.29, 0.717) is 12.0 Å². The standard InChI is InChI=1S/C24H22N2O3/c1-29-23(18-12-6-3-7-13-18)24(28)26-21(19-14-8-9-15-22(19)27)16-20(25-26)17-10-4-2-5-11-17/h2-15,21,23,27H,16H2,1H3/t21-,23-/m1/s1. The lowest BCUT2D eigenvalue weighted by Gasteiger charge is -2.26. The van der Waals surface area contributed by atoms with Crippen molar-refractivity contribution in [3.05, 3.63) is 102 Å². The van der Waals surface area contributed by atoms with Gasteiger partial charge >= 0.3 is 0 Å². The zero-order chi connectivity index (χ0) is 20.2. The van der Waals surface area contributed by atoms with Gasteiger partial charge in [-0.25, -0.2) is 5.01 Å². The number of carbonyl (C=O) groups excluding carboxylic acids is 1. The molecule has 29 heavy (non-hydrogen) atoms. The van der Waals surface area contributed by atoms with E-state index in [1.54, 1.807) is 12.1 Å². The fourth-order valence-electron chi connectivity index (χ4n) is 3.66. The summed E-state index contributed by atoms with van der Waals surface area (Å²) in [7, 11) is 1.52. The molecular weight excluding hydrogens is 364 g/mol. The number of hydrazone groups is 1. The van der Waals surface area contributed by atoms with Gasteiger partial charge < -0.3 is 9.84 Å². The van der Waals surface area contributed by atoms with Crippen molar-refractivity contribution >= 4 is 11.6 Å². The minimum atomic E-state index is -0.775. The molecule has 0 saturated heterocycles. The maximum atomic E-state index is 13.5. The van der Waals surface area contributed by atoms with Gasteiger partial charge in [0, 0.05) is 19.1 Å². The van der Waals surface area contributed by atoms with Crippen molar-refractivity contribution in [2.24, 2.45) is 5.10 Å². The van der Waals surface area contributed by atoms with Gasteiger partial charge in [0.15, 0.2) is 6.10 Å². The lowest BCUT2D eigenvalue weighted by Crippen LogP contribution is -2.32. The van der Waals surface area contributed by atoms with Crippen LogP contribution in [0.3, 0.4) is 0 Å². The van der Waals surface area contributed by atoms with Crippen molar-refractivity contribution in [2.75, 3.05) is 7.11 Å². The number of hydrogen-bond acceptors (Lipinski definition) is 4. The average Bonchev–Trinajstić information content (AvgIpc) is 3.21. The number of carbonyl (C=O) groups is 1. The second kappa shape index (κ2) is 8.29. The summed E-state index contributed by atoms with van der Waals surface area (Å²) in [5.41, 5.74) is 3.19. The van der Waals surface area contributed by atoms with Crippen LogP contribution in [0.25, 0.3) is 0 Å². The van der Waals surface area contributed by atoms with E-state index in [1.807, 2.05) is 72.8 Å². The van der Waals surface area contributed by atoms with E-state index in [4.69, 9.17) is 4.74 Å². The number of aromatic hydroxyl groups is 1. The molecule has 1 amide bonds. The van der Waals surface area contributed by atoms with Crippen LogP contribution >= 0.6 is 0 Å². The number of rotatable bonds is 5. The first-order chi connectivity index (χ1) is 14.2. The third kappa shape index (κ3) is 3.77. The highest BCUT2D eigenvalue weighted by atomic mass is 16.5. The van der Waals surface area contributed by atoms with E-state index >= 15 is 0 Å². The molecule has 5 nitrogen and oxygen atoms in total. The smallest absolute Gasteiger partial charge is 0.276 e. The van der Waals surface area contributed by atoms with Crippen LogP contribution in [0.1, 0.15) is 35.3 Å². The fourth-order valence-corrected chi connectivity index (χ4v) is 3.66. The van der Waals surface area contributed by atoms with Gasteiger partial charge in [0.1, 0.15) is 5.75 Å². The van der Waals surface area contributed by atoms with Crippen molar-refractivity contribution in [1.29, 1.82) is 0 Å². The number of phenols is 1. The molecule has 0 saturated carbocycles. The Labute approximate surface area is 169 Å². The van der Waals surface area contributed by atoms with Gasteiger partial charge in [0.25, 0.3) is 5.91 Å². The van der Waals surface area contributed by atoms with Gasteiger partial charge in [-0.3, -0.25) is 4.79 Å². The zero-order valence-electron chi connectivity index (χ0n) is 16.1. The number of phenolic OH excluding ortho intramolecular Hbond substituents is 1. The van der Waals surface area contributed by atoms with Crippen molar-refractivity contribution in [3.8, 4) is 5.75 Å². The Morgan fingerprint density at radius 3 is 2.28 bits per heavy atom. The quantitative estimate of drug-likeness (QED) is 0.704. The van der Waals surface area contributed by atoms with E-state index in [9.17, 15) is 9.90 Å². The second-order valence-electron chi connectivity index (χ2n) is 6.90. The number of hydrogen-bond donors (Lipinski definition) is 1. The number of benzene rings is 3. The zero-order valence-corrected chi connectivity index (χ0v) is 16.1. The van der Waals surface area contributed by atoms with Crippen LogP contribution in [0.15, 0.2) is 90.0 Å². The van der Waals surface area contributed by atoms with Gasteiger partial charge in [0.05, 0.1) is 11.8 Å². The summed E-state index contributed by atoms with van der Waals surface area (Å²) < 4.78 is 5.54. The first-order valence-electron chi connectivity index (χ1n) is 9.50. The molecule has 0 radical (unpaired) electrons. The van der Waals surface area contributed by atoms with Crippen LogP contribution in [0.4, 0.5) is 0 Å². The minimum Gasteiger partial charge on any atom is -0.508 e. The highest BCUT2D eigenvalue weighted by Crippen LogP contribution is 2.38. The molecule has 1 N–H and O–H groups in total. The molecule has 0 spiro atoms. The van der Waals surface area contributed by atoms with E-state index in [1.165, 1.54) is 12.1 Å². The third-order valence-electron chi connectivity index (χ3n) is 5.10. The number of ether oxygens (including phenoxy) is 1. The van der Waals surface area contributed by atoms with Gasteiger partial charge in [-0.05, 0) is 17.2 Å². The average molecular weight is 386 g/mol. The van der Waals surface area contributed by atoms with Crippen LogP contribution in [0.5, 0.6) is 5.75 Å². The van der Waals surface area contributed by atoms with Crippen molar-refractivity contribution < 1.29 is 14.6 Å². The molecule has 1 aliphatic rings. The number of amides is 1. The van der Waals surface area contributed by atoms with Crippen LogP contribution in [-0.2, 0) is 9.53 Å². The predicted octanol–water partition coefficient (Wildman–Crippen LogP) is 4.46. The summed E-state index contributed by atoms with van der Waals surface area (Å²) in [5.74, 6) is -0.119. The maximum Gasteiger partial charge on any atom is 0.276 e. The Morgan fingerprint density at radius 2 is 1.62 bits per heavy atom. The molecule has 5 heteroatoms. The van der Waals surface area contributed by atoms with Crippen molar-refractivity contribution in [2.45, 2.75) is 18.6 Å². The van der Waals surface area contributed by atoms with Crippen LogP contribution in [0, 0.1) is 0 Å². The van der Waals surface area contributed by atoms with E-state index in [2.05, 4.69) is 5.10 Å². The van der Waals surface area contributed by atoms with Crippen LogP contribution < -0.4 is 0 Å². The Balaban J connectivity index is 1.74. The molecular formula is C24H22N2O3. The van der Waals surface area contributed by atoms with Gasteiger partial charge in [0.2, 0.25) is 0 Å². The van der Waals surface area contributed by atoms with Crippen LogP contribution in [0.2, 0.25) is 0 Å². The van der Waals surface area contributed by atoms with Gasteiger partial charge in [-0.2, -0.15) is 5.10 Å². The topological polar surface area (TPSA) is 62.1 Å². The number of nitrogens with zero attached hydrogens (tertiary/aromatic N) is 2. The fraction of sp³-hybridized carbons (Fsp3) is 0.167. The highest BCUT2D eigenvalue weighted by Gasteiger charge is 2.38. The molecule has 3 aromatic rings. The molecule has 4 rings (SSSR count). The Kier molecular flexibility index (Phi) is 5.40. The minimum absolute atomic E-state index is 0.147. The van der Waals surface area contributed by atoms with Gasteiger partial charge in [-0.1, -0.05) is 78.9 Å². The molecule has 1 heterocycles. The molecule has 0 aliphatic carbocycles. The normalized spacial score (nSPS) is 17.1. The number of para-hydroxylation sites is 1. The molecule has 0 aromatic heterocycles. The van der Waals surface area contributed by atoms with Crippen molar-refractivity contribution in [3.63, 3.8) is 0 Å². The molecule has 1 aliphatic heterocycles. The molecule has 0 bridgehead atoms. The molecule has 2 atom stereocenters. The maximum absolute atomic E-state index is 13.5. The largest absolute Gasteiger partial charge is 0.508 e. The molecule has 146 valence electrons. The van der Waals surface area contributed by atoms with Gasteiger partial charge in [-0.15, -0.1) is 0 Å². The summed E-state index contributed by atoms with van der Waals surface area (Å²) in [6.07, 6.45) is -0.262. The summed E-state index contributed by atoms with van der Waals surface area (Å²) in [4.78, 5) is 13.5. The second-order valence-corrected chi connectivity index (χ2v) is 6.90. The van der Waals surface area contributed by atoms with Crippen LogP contribution in [-0.4, -0.2) is 28.8 Å². The molecule has 0 fully saturated rings. The monoisotopic (exact) mass is 386 g/mol. The summed E-state index contributed by atoms with van der Waals surface area (Å²) >= 11 is 0. The summed E-state index contributed by atoms with van der Waals surface area (Å²) in [6, 6.07) is 25.8. The Morgan fingerprint density at radius 1 is 1.00 bits per heavy atom. The first-order valence-corrected chi connectivity index (χ1v) is 9.50. The Bertz CT molecular complexity index is 1020. The third-order valence-corrected chi connectivity index (χ3v) is 5.10. The van der Waals surface area contributed by atoms with E-state index in [0.717, 1.165) is 16.8 Å². The van der Waals surface area contributed by atoms with E-state index in [-0.39, 0.29) is 11.7 Å². The van der Waals surface area contributed by atoms with Crippen molar-refractivity contribution in [1.82, 2.24) is 5.01 Å². The SMILES string of the molecule is CO[C@@H](C(=O)N1N=C(c2ccccc2)C[C@@H]1c1ccccc1O)c1ccccc1. The summed E-state index contributed by atoms with van der Waals surface area (Å²) in [6.45, 7) is 0. The highest BCUT2D eigenvalue weighted by molar-refractivity contribution is 6.03. The first kappa shape index (κ1) is 18.9. The number of methoxy groups -OCH3 is 1. The lowest BCUT2D eigenvalue weighted by molar-refractivity contribution is -0.144. The molecule has 3 aromatic carbocycles.